The lowest BCUT2D eigenvalue weighted by Gasteiger charge is -2.27. The molecule has 0 aliphatic rings. The van der Waals surface area contributed by atoms with Crippen molar-refractivity contribution in [3.8, 4) is 0 Å². The Kier molecular flexibility index (Phi) is 3.17. The number of alkyl halides is 1. The van der Waals surface area contributed by atoms with Crippen molar-refractivity contribution in [3.63, 3.8) is 0 Å². The predicted octanol–water partition coefficient (Wildman–Crippen LogP) is 2.18. The molecule has 2 atom stereocenters. The average Bonchev–Trinajstić information content (AvgIpc) is 1.62. The first-order valence-corrected chi connectivity index (χ1v) is 4.09. The van der Waals surface area contributed by atoms with Gasteiger partial charge in [0.2, 0.25) is 0 Å². The smallest absolute Gasteiger partial charge is 0.0642 e. The summed E-state index contributed by atoms with van der Waals surface area (Å²) in [6, 6.07) is 0. The molecule has 0 spiro atoms. The van der Waals surface area contributed by atoms with Gasteiger partial charge in [0.15, 0.2) is 0 Å². The van der Waals surface area contributed by atoms with Crippen LogP contribution in [0.1, 0.15) is 27.7 Å². The third kappa shape index (κ3) is 3.21. The fourth-order valence-electron chi connectivity index (χ4n) is 0.724. The Morgan fingerprint density at radius 3 is 1.67 bits per heavy atom. The van der Waals surface area contributed by atoms with Gasteiger partial charge in [-0.25, -0.2) is 0 Å². The molecule has 1 N–H and O–H groups in total. The van der Waals surface area contributed by atoms with Crippen molar-refractivity contribution in [2.75, 3.05) is 0 Å². The molecule has 0 fully saturated rings. The summed E-state index contributed by atoms with van der Waals surface area (Å²) in [6.45, 7) is 8.09. The van der Waals surface area contributed by atoms with E-state index in [1.165, 1.54) is 0 Å². The van der Waals surface area contributed by atoms with Gasteiger partial charge in [0.25, 0.3) is 0 Å². The van der Waals surface area contributed by atoms with Crippen molar-refractivity contribution in [3.05, 3.63) is 0 Å². The average molecular weight is 195 g/mol. The maximum Gasteiger partial charge on any atom is 0.0642 e. The molecule has 0 heterocycles. The van der Waals surface area contributed by atoms with E-state index in [4.69, 9.17) is 5.11 Å². The number of hydrogen-bond donors (Lipinski definition) is 1. The van der Waals surface area contributed by atoms with E-state index in [-0.39, 0.29) is 16.3 Å². The minimum atomic E-state index is -0.273. The number of halogens is 1. The summed E-state index contributed by atoms with van der Waals surface area (Å²) in [6.07, 6.45) is -0.273. The van der Waals surface area contributed by atoms with Crippen LogP contribution in [0.2, 0.25) is 0 Å². The Balaban J connectivity index is 3.88. The van der Waals surface area contributed by atoms with E-state index in [9.17, 15) is 0 Å². The molecular formula is C7H15BrO. The van der Waals surface area contributed by atoms with E-state index in [1.54, 1.807) is 6.92 Å². The molecule has 0 aromatic heterocycles. The summed E-state index contributed by atoms with van der Waals surface area (Å²) in [5, 5.41) is 9.11. The van der Waals surface area contributed by atoms with Crippen molar-refractivity contribution in [1.82, 2.24) is 0 Å². The quantitative estimate of drug-likeness (QED) is 0.635. The highest BCUT2D eigenvalue weighted by molar-refractivity contribution is 9.09. The van der Waals surface area contributed by atoms with Crippen molar-refractivity contribution in [2.45, 2.75) is 38.6 Å². The lowest BCUT2D eigenvalue weighted by Crippen LogP contribution is -2.30. The third-order valence-corrected chi connectivity index (χ3v) is 3.39. The van der Waals surface area contributed by atoms with Gasteiger partial charge in [0.05, 0.1) is 6.10 Å². The monoisotopic (exact) mass is 194 g/mol. The first kappa shape index (κ1) is 9.44. The van der Waals surface area contributed by atoms with E-state index < -0.39 is 0 Å². The Bertz CT molecular complexity index is 83.4. The molecule has 9 heavy (non-hydrogen) atoms. The van der Waals surface area contributed by atoms with Crippen LogP contribution in [-0.2, 0) is 0 Å². The van der Waals surface area contributed by atoms with Crippen LogP contribution in [0, 0.1) is 5.41 Å². The topological polar surface area (TPSA) is 20.2 Å². The highest BCUT2D eigenvalue weighted by Crippen LogP contribution is 2.28. The van der Waals surface area contributed by atoms with Gasteiger partial charge in [-0.1, -0.05) is 36.7 Å². The van der Waals surface area contributed by atoms with E-state index in [2.05, 4.69) is 36.7 Å². The lowest BCUT2D eigenvalue weighted by molar-refractivity contribution is 0.150. The Morgan fingerprint density at radius 2 is 1.67 bits per heavy atom. The molecule has 0 saturated heterocycles. The number of aliphatic hydroxyl groups excluding tert-OH is 1. The van der Waals surface area contributed by atoms with Crippen molar-refractivity contribution < 1.29 is 5.11 Å². The molecular weight excluding hydrogens is 180 g/mol. The Hall–Kier alpha value is 0.440. The number of aliphatic hydroxyl groups is 1. The summed E-state index contributed by atoms with van der Waals surface area (Å²) in [5.41, 5.74) is 0.147. The minimum Gasteiger partial charge on any atom is -0.392 e. The van der Waals surface area contributed by atoms with Crippen LogP contribution < -0.4 is 0 Å². The standard InChI is InChI=1S/C7H15BrO/c1-5(9)6(8)7(2,3)4/h5-6,9H,1-4H3/t5-,6-/m1/s1. The van der Waals surface area contributed by atoms with Gasteiger partial charge in [-0.2, -0.15) is 0 Å². The molecule has 0 saturated carbocycles. The normalized spacial score (nSPS) is 19.3. The van der Waals surface area contributed by atoms with Crippen molar-refractivity contribution >= 4 is 15.9 Å². The Labute approximate surface area is 65.6 Å². The second kappa shape index (κ2) is 3.02. The zero-order chi connectivity index (χ0) is 7.65. The first-order chi connectivity index (χ1) is 3.85. The lowest BCUT2D eigenvalue weighted by atomic mass is 9.90. The summed E-state index contributed by atoms with van der Waals surface area (Å²) in [5.74, 6) is 0. The van der Waals surface area contributed by atoms with Crippen molar-refractivity contribution in [2.24, 2.45) is 5.41 Å². The van der Waals surface area contributed by atoms with Gasteiger partial charge in [0.1, 0.15) is 0 Å². The summed E-state index contributed by atoms with van der Waals surface area (Å²) >= 11 is 3.41. The van der Waals surface area contributed by atoms with E-state index in [0.717, 1.165) is 0 Å². The molecule has 0 rings (SSSR count). The third-order valence-electron chi connectivity index (χ3n) is 1.25. The van der Waals surface area contributed by atoms with Gasteiger partial charge in [-0.05, 0) is 12.3 Å². The van der Waals surface area contributed by atoms with Crippen LogP contribution in [0.5, 0.6) is 0 Å². The molecule has 0 aliphatic carbocycles. The van der Waals surface area contributed by atoms with E-state index in [0.29, 0.717) is 0 Å². The maximum atomic E-state index is 9.11. The fourth-order valence-corrected chi connectivity index (χ4v) is 0.724. The van der Waals surface area contributed by atoms with Crippen molar-refractivity contribution in [1.29, 1.82) is 0 Å². The second-order valence-electron chi connectivity index (χ2n) is 3.51. The van der Waals surface area contributed by atoms with Crippen LogP contribution >= 0.6 is 15.9 Å². The molecule has 56 valence electrons. The fraction of sp³-hybridized carbons (Fsp3) is 1.00. The summed E-state index contributed by atoms with van der Waals surface area (Å²) in [4.78, 5) is 0.185. The minimum absolute atomic E-state index is 0.147. The molecule has 0 aromatic rings. The molecule has 0 amide bonds. The van der Waals surface area contributed by atoms with Crippen LogP contribution in [0.25, 0.3) is 0 Å². The predicted molar refractivity (Wildman–Crippen MR) is 43.9 cm³/mol. The maximum absolute atomic E-state index is 9.11. The first-order valence-electron chi connectivity index (χ1n) is 3.18. The molecule has 0 bridgehead atoms. The largest absolute Gasteiger partial charge is 0.392 e. The van der Waals surface area contributed by atoms with E-state index in [1.807, 2.05) is 0 Å². The highest BCUT2D eigenvalue weighted by Gasteiger charge is 2.25. The van der Waals surface area contributed by atoms with Crippen LogP contribution in [0.4, 0.5) is 0 Å². The van der Waals surface area contributed by atoms with Crippen LogP contribution in [0.15, 0.2) is 0 Å². The number of hydrogen-bond acceptors (Lipinski definition) is 1. The Morgan fingerprint density at radius 1 is 1.33 bits per heavy atom. The number of rotatable bonds is 1. The molecule has 0 unspecified atom stereocenters. The molecule has 2 heteroatoms. The summed E-state index contributed by atoms with van der Waals surface area (Å²) < 4.78 is 0. The van der Waals surface area contributed by atoms with Gasteiger partial charge in [0, 0.05) is 4.83 Å². The molecule has 0 radical (unpaired) electrons. The zero-order valence-electron chi connectivity index (χ0n) is 6.48. The molecule has 0 aromatic carbocycles. The highest BCUT2D eigenvalue weighted by atomic mass is 79.9. The van der Waals surface area contributed by atoms with Crippen LogP contribution in [-0.4, -0.2) is 16.0 Å². The zero-order valence-corrected chi connectivity index (χ0v) is 8.07. The molecule has 0 aliphatic heterocycles. The van der Waals surface area contributed by atoms with E-state index >= 15 is 0 Å². The van der Waals surface area contributed by atoms with Gasteiger partial charge in [-0.15, -0.1) is 0 Å². The van der Waals surface area contributed by atoms with Crippen LogP contribution in [0.3, 0.4) is 0 Å². The summed E-state index contributed by atoms with van der Waals surface area (Å²) in [7, 11) is 0. The van der Waals surface area contributed by atoms with Gasteiger partial charge < -0.3 is 5.11 Å². The van der Waals surface area contributed by atoms with Gasteiger partial charge >= 0.3 is 0 Å². The second-order valence-corrected chi connectivity index (χ2v) is 4.49. The van der Waals surface area contributed by atoms with Gasteiger partial charge in [-0.3, -0.25) is 0 Å². The molecule has 1 nitrogen and oxygen atoms in total. The SMILES string of the molecule is C[C@@H](O)[C@@H](Br)C(C)(C)C.